The van der Waals surface area contributed by atoms with Gasteiger partial charge in [-0.25, -0.2) is 0 Å². The number of rotatable bonds is 6. The molecule has 0 atom stereocenters. The van der Waals surface area contributed by atoms with E-state index in [4.69, 9.17) is 10.5 Å². The Morgan fingerprint density at radius 2 is 1.81 bits per heavy atom. The first-order valence-electron chi connectivity index (χ1n) is 7.51. The maximum absolute atomic E-state index is 5.99. The molecule has 2 aromatic rings. The van der Waals surface area contributed by atoms with E-state index >= 15 is 0 Å². The average Bonchev–Trinajstić information content (AvgIpc) is 2.45. The van der Waals surface area contributed by atoms with Crippen LogP contribution in [0.2, 0.25) is 0 Å². The minimum atomic E-state index is 0.512. The number of fused-ring (bicyclic) bond motifs is 1. The minimum absolute atomic E-state index is 0.512. The number of benzene rings is 1. The third-order valence-corrected chi connectivity index (χ3v) is 3.75. The van der Waals surface area contributed by atoms with Gasteiger partial charge in [0.25, 0.3) is 0 Å². The maximum Gasteiger partial charge on any atom is 0.128 e. The second kappa shape index (κ2) is 6.76. The Morgan fingerprint density at radius 3 is 2.48 bits per heavy atom. The fourth-order valence-corrected chi connectivity index (χ4v) is 2.69. The lowest BCUT2D eigenvalue weighted by Crippen LogP contribution is -2.39. The molecule has 0 bridgehead atoms. The molecule has 0 saturated heterocycles. The lowest BCUT2D eigenvalue weighted by atomic mass is 10.1. The molecule has 0 aliphatic carbocycles. The lowest BCUT2D eigenvalue weighted by molar-refractivity contribution is 0.142. The summed E-state index contributed by atoms with van der Waals surface area (Å²) in [6, 6.07) is 6.76. The van der Waals surface area contributed by atoms with Crippen LogP contribution in [0.1, 0.15) is 27.7 Å². The van der Waals surface area contributed by atoms with E-state index in [9.17, 15) is 0 Å². The van der Waals surface area contributed by atoms with Crippen LogP contribution < -0.4 is 10.5 Å². The van der Waals surface area contributed by atoms with Crippen LogP contribution in [0.15, 0.2) is 30.6 Å². The zero-order valence-corrected chi connectivity index (χ0v) is 13.3. The van der Waals surface area contributed by atoms with Crippen molar-refractivity contribution in [3.05, 3.63) is 30.6 Å². The van der Waals surface area contributed by atoms with Gasteiger partial charge in [0, 0.05) is 47.5 Å². The molecule has 1 aromatic heterocycles. The summed E-state index contributed by atoms with van der Waals surface area (Å²) in [7, 11) is 0. The summed E-state index contributed by atoms with van der Waals surface area (Å²) in [5, 5.41) is 1.96. The molecule has 0 aliphatic heterocycles. The minimum Gasteiger partial charge on any atom is -0.492 e. The van der Waals surface area contributed by atoms with Crippen LogP contribution in [0.5, 0.6) is 5.75 Å². The van der Waals surface area contributed by atoms with E-state index in [1.54, 1.807) is 6.20 Å². The third-order valence-electron chi connectivity index (χ3n) is 3.75. The van der Waals surface area contributed by atoms with Gasteiger partial charge in [-0.15, -0.1) is 0 Å². The van der Waals surface area contributed by atoms with Crippen LogP contribution in [0.25, 0.3) is 10.8 Å². The largest absolute Gasteiger partial charge is 0.492 e. The summed E-state index contributed by atoms with van der Waals surface area (Å²) in [5.41, 5.74) is 6.75. The molecule has 21 heavy (non-hydrogen) atoms. The highest BCUT2D eigenvalue weighted by molar-refractivity contribution is 5.96. The molecule has 0 saturated carbocycles. The van der Waals surface area contributed by atoms with Crippen molar-refractivity contribution in [2.24, 2.45) is 0 Å². The Hall–Kier alpha value is -1.81. The van der Waals surface area contributed by atoms with Crippen molar-refractivity contribution in [2.45, 2.75) is 39.8 Å². The van der Waals surface area contributed by atoms with Crippen LogP contribution >= 0.6 is 0 Å². The van der Waals surface area contributed by atoms with Crippen molar-refractivity contribution >= 4 is 16.5 Å². The second-order valence-corrected chi connectivity index (χ2v) is 5.85. The molecule has 114 valence electrons. The summed E-state index contributed by atoms with van der Waals surface area (Å²) in [6.07, 6.45) is 3.56. The monoisotopic (exact) mass is 287 g/mol. The van der Waals surface area contributed by atoms with Crippen molar-refractivity contribution in [3.63, 3.8) is 0 Å². The van der Waals surface area contributed by atoms with E-state index in [0.29, 0.717) is 18.7 Å². The van der Waals surface area contributed by atoms with Gasteiger partial charge in [-0.05, 0) is 45.9 Å². The molecule has 1 heterocycles. The first kappa shape index (κ1) is 15.6. The van der Waals surface area contributed by atoms with Crippen LogP contribution in [-0.4, -0.2) is 35.1 Å². The van der Waals surface area contributed by atoms with Gasteiger partial charge in [0.15, 0.2) is 0 Å². The lowest BCUT2D eigenvalue weighted by Gasteiger charge is -2.30. The number of anilines is 1. The van der Waals surface area contributed by atoms with E-state index < -0.39 is 0 Å². The summed E-state index contributed by atoms with van der Waals surface area (Å²) in [6.45, 7) is 10.4. The molecular formula is C17H25N3O. The highest BCUT2D eigenvalue weighted by Crippen LogP contribution is 2.29. The zero-order valence-electron chi connectivity index (χ0n) is 13.3. The van der Waals surface area contributed by atoms with Gasteiger partial charge in [0.2, 0.25) is 0 Å². The predicted octanol–water partition coefficient (Wildman–Crippen LogP) is 3.31. The number of hydrogen-bond acceptors (Lipinski definition) is 4. The summed E-state index contributed by atoms with van der Waals surface area (Å²) in [4.78, 5) is 6.58. The molecule has 2 rings (SSSR count). The fourth-order valence-electron chi connectivity index (χ4n) is 2.69. The molecule has 2 N–H and O–H groups in total. The Labute approximate surface area is 126 Å². The van der Waals surface area contributed by atoms with Crippen molar-refractivity contribution in [3.8, 4) is 5.75 Å². The molecular weight excluding hydrogens is 262 g/mol. The highest BCUT2D eigenvalue weighted by Gasteiger charge is 2.13. The van der Waals surface area contributed by atoms with Gasteiger partial charge in [-0.2, -0.15) is 0 Å². The van der Waals surface area contributed by atoms with Crippen LogP contribution in [0.4, 0.5) is 5.69 Å². The van der Waals surface area contributed by atoms with Crippen LogP contribution in [-0.2, 0) is 0 Å². The van der Waals surface area contributed by atoms with E-state index in [1.807, 2.05) is 24.4 Å². The molecule has 0 fully saturated rings. The Kier molecular flexibility index (Phi) is 5.02. The first-order chi connectivity index (χ1) is 10.0. The number of aromatic nitrogens is 1. The van der Waals surface area contributed by atoms with Crippen LogP contribution in [0, 0.1) is 0 Å². The van der Waals surface area contributed by atoms with E-state index in [1.165, 1.54) is 0 Å². The van der Waals surface area contributed by atoms with Crippen molar-refractivity contribution < 1.29 is 4.74 Å². The summed E-state index contributed by atoms with van der Waals surface area (Å²) in [5.74, 6) is 0.847. The van der Waals surface area contributed by atoms with E-state index in [0.717, 1.165) is 28.8 Å². The van der Waals surface area contributed by atoms with Gasteiger partial charge < -0.3 is 10.5 Å². The van der Waals surface area contributed by atoms with Crippen molar-refractivity contribution in [2.75, 3.05) is 18.9 Å². The van der Waals surface area contributed by atoms with Crippen molar-refractivity contribution in [1.82, 2.24) is 9.88 Å². The van der Waals surface area contributed by atoms with E-state index in [-0.39, 0.29) is 0 Å². The number of ether oxygens (including phenoxy) is 1. The third kappa shape index (κ3) is 3.64. The van der Waals surface area contributed by atoms with Gasteiger partial charge in [-0.3, -0.25) is 9.88 Å². The fraction of sp³-hybridized carbons (Fsp3) is 0.471. The summed E-state index contributed by atoms with van der Waals surface area (Å²) < 4.78 is 5.97. The van der Waals surface area contributed by atoms with Gasteiger partial charge in [0.1, 0.15) is 12.4 Å². The van der Waals surface area contributed by atoms with Crippen molar-refractivity contribution in [1.29, 1.82) is 0 Å². The first-order valence-corrected chi connectivity index (χ1v) is 7.51. The maximum atomic E-state index is 5.99. The topological polar surface area (TPSA) is 51.4 Å². The van der Waals surface area contributed by atoms with Crippen LogP contribution in [0.3, 0.4) is 0 Å². The van der Waals surface area contributed by atoms with Gasteiger partial charge in [0.05, 0.1) is 0 Å². The number of nitrogens with zero attached hydrogens (tertiary/aromatic N) is 2. The molecule has 4 heteroatoms. The Morgan fingerprint density at radius 1 is 1.10 bits per heavy atom. The normalized spacial score (nSPS) is 11.8. The van der Waals surface area contributed by atoms with E-state index in [2.05, 4.69) is 37.6 Å². The Bertz CT molecular complexity index is 588. The quantitative estimate of drug-likeness (QED) is 0.828. The molecule has 0 spiro atoms. The molecule has 0 unspecified atom stereocenters. The molecule has 1 aromatic carbocycles. The molecule has 4 nitrogen and oxygen atoms in total. The number of nitrogen functional groups attached to an aromatic ring is 1. The number of nitrogens with two attached hydrogens (primary N) is 1. The second-order valence-electron chi connectivity index (χ2n) is 5.85. The number of pyridine rings is 1. The highest BCUT2D eigenvalue weighted by atomic mass is 16.5. The SMILES string of the molecule is CC(C)N(CCOc1ccc(N)c2ccncc12)C(C)C. The molecule has 0 radical (unpaired) electrons. The Balaban J connectivity index is 2.09. The molecule has 0 aliphatic rings. The standard InChI is InChI=1S/C17H25N3O/c1-12(2)20(13(3)4)9-10-21-17-6-5-16(18)14-7-8-19-11-15(14)17/h5-8,11-13H,9-10,18H2,1-4H3. The molecule has 0 amide bonds. The van der Waals surface area contributed by atoms with Gasteiger partial charge in [-0.1, -0.05) is 0 Å². The van der Waals surface area contributed by atoms with Gasteiger partial charge >= 0.3 is 0 Å². The average molecular weight is 287 g/mol. The predicted molar refractivity (Wildman–Crippen MR) is 88.6 cm³/mol. The summed E-state index contributed by atoms with van der Waals surface area (Å²) >= 11 is 0. The smallest absolute Gasteiger partial charge is 0.128 e. The number of hydrogen-bond donors (Lipinski definition) is 1. The zero-order chi connectivity index (χ0) is 15.4.